The summed E-state index contributed by atoms with van der Waals surface area (Å²) in [6.07, 6.45) is -0.758. The van der Waals surface area contributed by atoms with Crippen LogP contribution in [-0.2, 0) is 0 Å². The summed E-state index contributed by atoms with van der Waals surface area (Å²) in [6.45, 7) is 0. The molecular weight excluding hydrogens is 352 g/mol. The highest BCUT2D eigenvalue weighted by molar-refractivity contribution is 9.10. The maximum absolute atomic E-state index is 10.4. The van der Waals surface area contributed by atoms with Gasteiger partial charge in [0.05, 0.1) is 24.1 Å². The van der Waals surface area contributed by atoms with E-state index in [2.05, 4.69) is 15.9 Å². The standard InChI is InChI=1S/C13H12BrClO3S/c1-17-10-6-7(5-9(15)12(10)18-2)11(16)13-8(14)3-4-19-13/h3-6,11,16H,1-2H3. The summed E-state index contributed by atoms with van der Waals surface area (Å²) in [5, 5.41) is 12.7. The minimum Gasteiger partial charge on any atom is -0.493 e. The Hall–Kier alpha value is -0.750. The molecule has 1 N–H and O–H groups in total. The van der Waals surface area contributed by atoms with Gasteiger partial charge in [-0.1, -0.05) is 11.6 Å². The Balaban J connectivity index is 2.46. The smallest absolute Gasteiger partial charge is 0.179 e. The van der Waals surface area contributed by atoms with E-state index in [0.717, 1.165) is 9.35 Å². The second-order valence-corrected chi connectivity index (χ2v) is 5.98. The van der Waals surface area contributed by atoms with Crippen molar-refractivity contribution in [1.82, 2.24) is 0 Å². The average Bonchev–Trinajstić information content (AvgIpc) is 2.83. The molecule has 1 atom stereocenters. The first kappa shape index (κ1) is 14.7. The molecule has 0 saturated heterocycles. The fourth-order valence-corrected chi connectivity index (χ4v) is 3.64. The zero-order valence-corrected chi connectivity index (χ0v) is 13.5. The molecule has 0 spiro atoms. The summed E-state index contributed by atoms with van der Waals surface area (Å²) in [7, 11) is 3.06. The molecule has 0 aliphatic rings. The first-order valence-corrected chi connectivity index (χ1v) is 7.46. The Labute approximate surface area is 128 Å². The van der Waals surface area contributed by atoms with Gasteiger partial charge in [0.25, 0.3) is 0 Å². The summed E-state index contributed by atoms with van der Waals surface area (Å²) in [6, 6.07) is 5.30. The molecule has 0 fully saturated rings. The molecule has 0 aliphatic carbocycles. The van der Waals surface area contributed by atoms with Gasteiger partial charge >= 0.3 is 0 Å². The molecule has 0 amide bonds. The van der Waals surface area contributed by atoms with Crippen molar-refractivity contribution >= 4 is 38.9 Å². The van der Waals surface area contributed by atoms with Gasteiger partial charge < -0.3 is 14.6 Å². The van der Waals surface area contributed by atoms with E-state index in [1.54, 1.807) is 12.1 Å². The molecule has 1 heterocycles. The lowest BCUT2D eigenvalue weighted by Gasteiger charge is -2.15. The Kier molecular flexibility index (Phi) is 4.73. The topological polar surface area (TPSA) is 38.7 Å². The first-order valence-electron chi connectivity index (χ1n) is 5.40. The highest BCUT2D eigenvalue weighted by Gasteiger charge is 2.19. The minimum absolute atomic E-state index is 0.406. The summed E-state index contributed by atoms with van der Waals surface area (Å²) in [5.74, 6) is 0.960. The highest BCUT2D eigenvalue weighted by Crippen LogP contribution is 2.40. The molecule has 19 heavy (non-hydrogen) atoms. The van der Waals surface area contributed by atoms with Crippen molar-refractivity contribution in [2.75, 3.05) is 14.2 Å². The highest BCUT2D eigenvalue weighted by atomic mass is 79.9. The van der Waals surface area contributed by atoms with Crippen LogP contribution in [0.1, 0.15) is 16.5 Å². The van der Waals surface area contributed by atoms with Crippen LogP contribution in [0.2, 0.25) is 5.02 Å². The van der Waals surface area contributed by atoms with E-state index in [9.17, 15) is 5.11 Å². The van der Waals surface area contributed by atoms with Gasteiger partial charge in [-0.3, -0.25) is 0 Å². The van der Waals surface area contributed by atoms with Crippen LogP contribution in [0, 0.1) is 0 Å². The molecule has 2 aromatic rings. The van der Waals surface area contributed by atoms with Crippen LogP contribution in [0.5, 0.6) is 11.5 Å². The summed E-state index contributed by atoms with van der Waals surface area (Å²) >= 11 is 11.0. The maximum Gasteiger partial charge on any atom is 0.179 e. The number of ether oxygens (including phenoxy) is 2. The molecule has 0 radical (unpaired) electrons. The van der Waals surface area contributed by atoms with Crippen molar-refractivity contribution in [2.24, 2.45) is 0 Å². The molecule has 0 bridgehead atoms. The number of thiophene rings is 1. The van der Waals surface area contributed by atoms with Crippen LogP contribution in [0.15, 0.2) is 28.1 Å². The molecule has 102 valence electrons. The van der Waals surface area contributed by atoms with E-state index in [-0.39, 0.29) is 0 Å². The van der Waals surface area contributed by atoms with Gasteiger partial charge in [0, 0.05) is 4.47 Å². The van der Waals surface area contributed by atoms with Gasteiger partial charge in [0.2, 0.25) is 0 Å². The third kappa shape index (κ3) is 2.89. The van der Waals surface area contributed by atoms with Crippen LogP contribution < -0.4 is 9.47 Å². The van der Waals surface area contributed by atoms with Crippen molar-refractivity contribution in [3.63, 3.8) is 0 Å². The molecule has 1 aromatic carbocycles. The van der Waals surface area contributed by atoms with E-state index >= 15 is 0 Å². The number of halogens is 2. The Bertz CT molecular complexity index is 585. The number of hydrogen-bond acceptors (Lipinski definition) is 4. The zero-order chi connectivity index (χ0) is 14.0. The van der Waals surface area contributed by atoms with Gasteiger partial charge in [-0.25, -0.2) is 0 Å². The van der Waals surface area contributed by atoms with Gasteiger partial charge in [0.1, 0.15) is 6.10 Å². The van der Waals surface area contributed by atoms with Crippen LogP contribution in [0.3, 0.4) is 0 Å². The van der Waals surface area contributed by atoms with E-state index in [0.29, 0.717) is 22.1 Å². The predicted octanol–water partition coefficient (Wildman–Crippen LogP) is 4.26. The molecule has 6 heteroatoms. The van der Waals surface area contributed by atoms with Crippen LogP contribution in [0.4, 0.5) is 0 Å². The number of aliphatic hydroxyl groups excluding tert-OH is 1. The van der Waals surface area contributed by atoms with E-state index in [1.807, 2.05) is 11.4 Å². The first-order chi connectivity index (χ1) is 9.08. The van der Waals surface area contributed by atoms with Crippen molar-refractivity contribution in [3.05, 3.63) is 43.5 Å². The van der Waals surface area contributed by atoms with E-state index < -0.39 is 6.10 Å². The molecule has 3 nitrogen and oxygen atoms in total. The largest absolute Gasteiger partial charge is 0.493 e. The summed E-state index contributed by atoms with van der Waals surface area (Å²) in [4.78, 5) is 0.822. The molecule has 0 saturated carbocycles. The van der Waals surface area contributed by atoms with Crippen LogP contribution in [-0.4, -0.2) is 19.3 Å². The normalized spacial score (nSPS) is 12.3. The van der Waals surface area contributed by atoms with Gasteiger partial charge in [0.15, 0.2) is 11.5 Å². The third-order valence-corrected chi connectivity index (χ3v) is 4.87. The molecule has 1 aromatic heterocycles. The zero-order valence-electron chi connectivity index (χ0n) is 10.3. The number of hydrogen-bond donors (Lipinski definition) is 1. The number of methoxy groups -OCH3 is 2. The average molecular weight is 364 g/mol. The number of aliphatic hydroxyl groups is 1. The fourth-order valence-electron chi connectivity index (χ4n) is 1.75. The lowest BCUT2D eigenvalue weighted by Crippen LogP contribution is -2.00. The number of benzene rings is 1. The van der Waals surface area contributed by atoms with Gasteiger partial charge in [-0.05, 0) is 45.1 Å². The Morgan fingerprint density at radius 3 is 2.58 bits per heavy atom. The van der Waals surface area contributed by atoms with Crippen LogP contribution in [0.25, 0.3) is 0 Å². The van der Waals surface area contributed by atoms with Crippen molar-refractivity contribution < 1.29 is 14.6 Å². The molecule has 1 unspecified atom stereocenters. The molecule has 2 rings (SSSR count). The summed E-state index contributed by atoms with van der Waals surface area (Å²) < 4.78 is 11.3. The lowest BCUT2D eigenvalue weighted by molar-refractivity contribution is 0.222. The Morgan fingerprint density at radius 1 is 1.32 bits per heavy atom. The van der Waals surface area contributed by atoms with Crippen molar-refractivity contribution in [1.29, 1.82) is 0 Å². The van der Waals surface area contributed by atoms with Crippen LogP contribution >= 0.6 is 38.9 Å². The number of rotatable bonds is 4. The Morgan fingerprint density at radius 2 is 2.05 bits per heavy atom. The SMILES string of the molecule is COc1cc(C(O)c2sccc2Br)cc(Cl)c1OC. The van der Waals surface area contributed by atoms with E-state index in [1.165, 1.54) is 25.6 Å². The fraction of sp³-hybridized carbons (Fsp3) is 0.231. The van der Waals surface area contributed by atoms with Crippen molar-refractivity contribution in [3.8, 4) is 11.5 Å². The monoisotopic (exact) mass is 362 g/mol. The van der Waals surface area contributed by atoms with Crippen molar-refractivity contribution in [2.45, 2.75) is 6.10 Å². The van der Waals surface area contributed by atoms with E-state index in [4.69, 9.17) is 21.1 Å². The predicted molar refractivity (Wildman–Crippen MR) is 80.6 cm³/mol. The van der Waals surface area contributed by atoms with Gasteiger partial charge in [-0.2, -0.15) is 0 Å². The third-order valence-electron chi connectivity index (χ3n) is 2.66. The minimum atomic E-state index is -0.758. The summed E-state index contributed by atoms with van der Waals surface area (Å²) in [5.41, 5.74) is 0.658. The second-order valence-electron chi connectivity index (χ2n) is 3.77. The maximum atomic E-state index is 10.4. The molecular formula is C13H12BrClO3S. The molecule has 0 aliphatic heterocycles. The second kappa shape index (κ2) is 6.13. The quantitative estimate of drug-likeness (QED) is 0.882. The van der Waals surface area contributed by atoms with Gasteiger partial charge in [-0.15, -0.1) is 11.3 Å². The lowest BCUT2D eigenvalue weighted by atomic mass is 10.1.